The molecule has 0 spiro atoms. The third-order valence-electron chi connectivity index (χ3n) is 3.71. The molecular weight excluding hydrogens is 361 g/mol. The summed E-state index contributed by atoms with van der Waals surface area (Å²) >= 11 is 6.31. The average Bonchev–Trinajstić information content (AvgIpc) is 2.92. The minimum Gasteiger partial charge on any atom is -0.493 e. The van der Waals surface area contributed by atoms with Gasteiger partial charge in [0.15, 0.2) is 11.5 Å². The molecule has 26 heavy (non-hydrogen) atoms. The fourth-order valence-electron chi connectivity index (χ4n) is 2.43. The first-order valence-electron chi connectivity index (χ1n) is 7.70. The zero-order chi connectivity index (χ0) is 18.7. The van der Waals surface area contributed by atoms with E-state index in [4.69, 9.17) is 21.1 Å². The standard InChI is InChI=1S/C19H15ClFNO4/c1-11-15(19(23)26-22-11)7-13-8-16(20)18(17(9-13)24-2)25-10-12-4-3-5-14(21)6-12/h3-9H,10H2,1-2H3. The Bertz CT molecular complexity index is 924. The van der Waals surface area contributed by atoms with Gasteiger partial charge in [0.05, 0.1) is 23.4 Å². The van der Waals surface area contributed by atoms with Crippen LogP contribution in [0.1, 0.15) is 18.1 Å². The maximum Gasteiger partial charge on any atom is 0.367 e. The molecule has 134 valence electrons. The second-order valence-corrected chi connectivity index (χ2v) is 5.97. The van der Waals surface area contributed by atoms with Gasteiger partial charge in [0.25, 0.3) is 0 Å². The van der Waals surface area contributed by atoms with E-state index in [-0.39, 0.29) is 12.4 Å². The molecule has 0 aliphatic carbocycles. The molecule has 0 unspecified atom stereocenters. The van der Waals surface area contributed by atoms with Crippen molar-refractivity contribution in [2.75, 3.05) is 7.11 Å². The molecule has 3 rings (SSSR count). The molecule has 1 aliphatic rings. The van der Waals surface area contributed by atoms with E-state index in [0.717, 1.165) is 0 Å². The number of rotatable bonds is 5. The van der Waals surface area contributed by atoms with Crippen molar-refractivity contribution in [2.24, 2.45) is 5.16 Å². The molecule has 1 aliphatic heterocycles. The van der Waals surface area contributed by atoms with Gasteiger partial charge in [0.1, 0.15) is 12.4 Å². The van der Waals surface area contributed by atoms with Gasteiger partial charge < -0.3 is 14.3 Å². The van der Waals surface area contributed by atoms with Gasteiger partial charge in [-0.3, -0.25) is 0 Å². The highest BCUT2D eigenvalue weighted by Gasteiger charge is 2.22. The van der Waals surface area contributed by atoms with Gasteiger partial charge in [-0.25, -0.2) is 9.18 Å². The van der Waals surface area contributed by atoms with Crippen molar-refractivity contribution in [3.05, 3.63) is 63.9 Å². The summed E-state index contributed by atoms with van der Waals surface area (Å²) in [6.45, 7) is 1.80. The largest absolute Gasteiger partial charge is 0.493 e. The van der Waals surface area contributed by atoms with Crippen LogP contribution in [0.25, 0.3) is 6.08 Å². The summed E-state index contributed by atoms with van der Waals surface area (Å²) in [4.78, 5) is 16.3. The Morgan fingerprint density at radius 3 is 2.77 bits per heavy atom. The number of carbonyl (C=O) groups excluding carboxylic acids is 1. The van der Waals surface area contributed by atoms with E-state index in [2.05, 4.69) is 9.99 Å². The molecule has 0 N–H and O–H groups in total. The summed E-state index contributed by atoms with van der Waals surface area (Å²) in [5.74, 6) is -0.141. The van der Waals surface area contributed by atoms with Crippen LogP contribution in [-0.4, -0.2) is 18.8 Å². The molecule has 2 aromatic carbocycles. The van der Waals surface area contributed by atoms with Crippen LogP contribution in [0.5, 0.6) is 11.5 Å². The molecule has 0 amide bonds. The highest BCUT2D eigenvalue weighted by atomic mass is 35.5. The second-order valence-electron chi connectivity index (χ2n) is 5.57. The third kappa shape index (κ3) is 3.86. The molecule has 0 saturated carbocycles. The number of benzene rings is 2. The Labute approximate surface area is 154 Å². The summed E-state index contributed by atoms with van der Waals surface area (Å²) in [7, 11) is 1.48. The SMILES string of the molecule is COc1cc(C=C2C(=O)ON=C2C)cc(Cl)c1OCc1cccc(F)c1. The van der Waals surface area contributed by atoms with Crippen LogP contribution < -0.4 is 9.47 Å². The van der Waals surface area contributed by atoms with Crippen molar-refractivity contribution in [2.45, 2.75) is 13.5 Å². The number of hydrogen-bond donors (Lipinski definition) is 0. The predicted molar refractivity (Wildman–Crippen MR) is 95.9 cm³/mol. The minimum atomic E-state index is -0.524. The van der Waals surface area contributed by atoms with Gasteiger partial charge in [-0.2, -0.15) is 0 Å². The molecule has 0 radical (unpaired) electrons. The van der Waals surface area contributed by atoms with Gasteiger partial charge in [-0.1, -0.05) is 28.9 Å². The molecular formula is C19H15ClFNO4. The van der Waals surface area contributed by atoms with E-state index in [1.165, 1.54) is 19.2 Å². The van der Waals surface area contributed by atoms with Crippen LogP contribution >= 0.6 is 11.6 Å². The van der Waals surface area contributed by atoms with E-state index in [1.807, 2.05) is 0 Å². The number of oxime groups is 1. The molecule has 0 atom stereocenters. The number of halogens is 2. The zero-order valence-electron chi connectivity index (χ0n) is 14.1. The van der Waals surface area contributed by atoms with E-state index in [9.17, 15) is 9.18 Å². The number of carbonyl (C=O) groups is 1. The van der Waals surface area contributed by atoms with Gasteiger partial charge in [0.2, 0.25) is 0 Å². The van der Waals surface area contributed by atoms with E-state index >= 15 is 0 Å². The number of methoxy groups -OCH3 is 1. The van der Waals surface area contributed by atoms with E-state index in [1.54, 1.807) is 37.3 Å². The molecule has 0 aromatic heterocycles. The monoisotopic (exact) mass is 375 g/mol. The van der Waals surface area contributed by atoms with Crippen molar-refractivity contribution in [3.63, 3.8) is 0 Å². The van der Waals surface area contributed by atoms with Crippen LogP contribution in [0.4, 0.5) is 4.39 Å². The lowest BCUT2D eigenvalue weighted by molar-refractivity contribution is -0.136. The Hall–Kier alpha value is -2.86. The molecule has 0 fully saturated rings. The molecule has 2 aromatic rings. The van der Waals surface area contributed by atoms with E-state index in [0.29, 0.717) is 38.9 Å². The summed E-state index contributed by atoms with van der Waals surface area (Å²) < 4.78 is 24.3. The van der Waals surface area contributed by atoms with Crippen molar-refractivity contribution < 1.29 is 23.5 Å². The van der Waals surface area contributed by atoms with Gasteiger partial charge in [-0.05, 0) is 48.4 Å². The minimum absolute atomic E-state index is 0.131. The summed E-state index contributed by atoms with van der Waals surface area (Å²) in [5.41, 5.74) is 2.12. The summed E-state index contributed by atoms with van der Waals surface area (Å²) in [6, 6.07) is 9.41. The molecule has 1 heterocycles. The third-order valence-corrected chi connectivity index (χ3v) is 3.99. The van der Waals surface area contributed by atoms with Crippen LogP contribution in [-0.2, 0) is 16.2 Å². The van der Waals surface area contributed by atoms with Crippen LogP contribution in [0.2, 0.25) is 5.02 Å². The lowest BCUT2D eigenvalue weighted by Crippen LogP contribution is -2.02. The average molecular weight is 376 g/mol. The fourth-order valence-corrected chi connectivity index (χ4v) is 2.71. The maximum absolute atomic E-state index is 13.3. The second kappa shape index (κ2) is 7.58. The Kier molecular flexibility index (Phi) is 5.23. The quantitative estimate of drug-likeness (QED) is 0.574. The highest BCUT2D eigenvalue weighted by molar-refractivity contribution is 6.32. The smallest absolute Gasteiger partial charge is 0.367 e. The molecule has 7 heteroatoms. The van der Waals surface area contributed by atoms with Crippen LogP contribution in [0.3, 0.4) is 0 Å². The lowest BCUT2D eigenvalue weighted by Gasteiger charge is -2.13. The fraction of sp³-hybridized carbons (Fsp3) is 0.158. The summed E-state index contributed by atoms with van der Waals surface area (Å²) in [5, 5.41) is 3.93. The predicted octanol–water partition coefficient (Wildman–Crippen LogP) is 4.38. The normalized spacial score (nSPS) is 15.0. The Morgan fingerprint density at radius 1 is 1.31 bits per heavy atom. The topological polar surface area (TPSA) is 57.1 Å². The van der Waals surface area contributed by atoms with Gasteiger partial charge in [-0.15, -0.1) is 0 Å². The highest BCUT2D eigenvalue weighted by Crippen LogP contribution is 2.37. The first-order valence-corrected chi connectivity index (χ1v) is 8.08. The Balaban J connectivity index is 1.87. The van der Waals surface area contributed by atoms with Crippen molar-refractivity contribution in [1.29, 1.82) is 0 Å². The first-order chi connectivity index (χ1) is 12.5. The zero-order valence-corrected chi connectivity index (χ0v) is 14.8. The molecule has 0 saturated heterocycles. The van der Waals surface area contributed by atoms with Gasteiger partial charge >= 0.3 is 5.97 Å². The van der Waals surface area contributed by atoms with Gasteiger partial charge in [0, 0.05) is 0 Å². The first kappa shape index (κ1) is 17.9. The Morgan fingerprint density at radius 2 is 2.12 bits per heavy atom. The lowest BCUT2D eigenvalue weighted by atomic mass is 10.1. The number of hydrogen-bond acceptors (Lipinski definition) is 5. The molecule has 5 nitrogen and oxygen atoms in total. The molecule has 0 bridgehead atoms. The van der Waals surface area contributed by atoms with Crippen LogP contribution in [0.15, 0.2) is 47.1 Å². The van der Waals surface area contributed by atoms with Crippen molar-refractivity contribution in [3.8, 4) is 11.5 Å². The van der Waals surface area contributed by atoms with Crippen LogP contribution in [0, 0.1) is 5.82 Å². The van der Waals surface area contributed by atoms with Crippen molar-refractivity contribution >= 4 is 29.4 Å². The number of ether oxygens (including phenoxy) is 2. The van der Waals surface area contributed by atoms with Crippen molar-refractivity contribution in [1.82, 2.24) is 0 Å². The maximum atomic E-state index is 13.3. The van der Waals surface area contributed by atoms with E-state index < -0.39 is 5.97 Å². The summed E-state index contributed by atoms with van der Waals surface area (Å²) in [6.07, 6.45) is 1.61. The number of nitrogens with zero attached hydrogens (tertiary/aromatic N) is 1.